The van der Waals surface area contributed by atoms with Gasteiger partial charge in [0, 0.05) is 21.3 Å². The van der Waals surface area contributed by atoms with E-state index >= 15 is 0 Å². The molecule has 1 fully saturated rings. The zero-order chi connectivity index (χ0) is 25.3. The number of hydrogen-bond acceptors (Lipinski definition) is 6. The number of ether oxygens (including phenoxy) is 2. The second-order valence-corrected chi connectivity index (χ2v) is 9.30. The molecule has 3 amide bonds. The zero-order valence-electron chi connectivity index (χ0n) is 19.1. The Morgan fingerprint density at radius 1 is 1.00 bits per heavy atom. The molecule has 2 heterocycles. The van der Waals surface area contributed by atoms with Crippen LogP contribution < -0.4 is 21.3 Å². The molecular weight excluding hydrogens is 528 g/mol. The van der Waals surface area contributed by atoms with Crippen molar-refractivity contribution < 1.29 is 23.9 Å². The van der Waals surface area contributed by atoms with Gasteiger partial charge in [-0.25, -0.2) is 0 Å². The van der Waals surface area contributed by atoms with Crippen molar-refractivity contribution in [3.8, 4) is 0 Å². The number of carbonyl (C=O) groups is 3. The third-order valence-electron chi connectivity index (χ3n) is 5.97. The standard InChI is InChI=1S/C26H23BrN4O5/c27-17-8-11-22-19(14-17)26(35-12-3-13-36-26)25(34)31(22)15-23(32)29-18-9-6-16(7-10-18)24(33)30-21-5-2-1-4-20(21)28/h1-2,4-11,14H,3,12-13,15,28H2,(H,29,32)(H,30,33). The van der Waals surface area contributed by atoms with E-state index in [1.54, 1.807) is 66.7 Å². The van der Waals surface area contributed by atoms with Gasteiger partial charge in [-0.15, -0.1) is 0 Å². The third kappa shape index (κ3) is 4.46. The van der Waals surface area contributed by atoms with Gasteiger partial charge in [0.05, 0.1) is 30.3 Å². The van der Waals surface area contributed by atoms with Crippen LogP contribution in [0.15, 0.2) is 71.2 Å². The summed E-state index contributed by atoms with van der Waals surface area (Å²) < 4.78 is 12.4. The van der Waals surface area contributed by atoms with Crippen LogP contribution in [0.5, 0.6) is 0 Å². The molecule has 0 aliphatic carbocycles. The summed E-state index contributed by atoms with van der Waals surface area (Å²) in [6, 6.07) is 18.7. The van der Waals surface area contributed by atoms with Gasteiger partial charge in [-0.2, -0.15) is 0 Å². The fraction of sp³-hybridized carbons (Fsp3) is 0.192. The minimum absolute atomic E-state index is 0.225. The maximum absolute atomic E-state index is 13.4. The van der Waals surface area contributed by atoms with Crippen molar-refractivity contribution in [1.82, 2.24) is 0 Å². The first-order valence-electron chi connectivity index (χ1n) is 11.3. The number of nitrogens with one attached hydrogen (secondary N) is 2. The second-order valence-electron chi connectivity index (χ2n) is 8.39. The highest BCUT2D eigenvalue weighted by atomic mass is 79.9. The maximum atomic E-state index is 13.4. The molecule has 1 saturated heterocycles. The molecule has 36 heavy (non-hydrogen) atoms. The minimum atomic E-state index is -1.53. The van der Waals surface area contributed by atoms with E-state index in [1.807, 2.05) is 0 Å². The number of para-hydroxylation sites is 2. The van der Waals surface area contributed by atoms with E-state index in [9.17, 15) is 14.4 Å². The summed E-state index contributed by atoms with van der Waals surface area (Å²) >= 11 is 3.43. The molecule has 3 aromatic rings. The Bertz CT molecular complexity index is 1340. The van der Waals surface area contributed by atoms with Crippen molar-refractivity contribution in [3.63, 3.8) is 0 Å². The van der Waals surface area contributed by atoms with Gasteiger partial charge < -0.3 is 25.8 Å². The molecule has 0 atom stereocenters. The average molecular weight is 551 g/mol. The van der Waals surface area contributed by atoms with Gasteiger partial charge in [-0.1, -0.05) is 28.1 Å². The van der Waals surface area contributed by atoms with Crippen LogP contribution >= 0.6 is 15.9 Å². The summed E-state index contributed by atoms with van der Waals surface area (Å²) in [7, 11) is 0. The molecule has 0 saturated carbocycles. The van der Waals surface area contributed by atoms with Gasteiger partial charge in [-0.05, 0) is 61.0 Å². The fourth-order valence-corrected chi connectivity index (χ4v) is 4.59. The lowest BCUT2D eigenvalue weighted by atomic mass is 10.1. The fourth-order valence-electron chi connectivity index (χ4n) is 4.23. The monoisotopic (exact) mass is 550 g/mol. The lowest BCUT2D eigenvalue weighted by Gasteiger charge is -2.32. The number of nitrogens with two attached hydrogens (primary N) is 1. The number of nitrogen functional groups attached to an aromatic ring is 1. The first kappa shape index (κ1) is 24.0. The maximum Gasteiger partial charge on any atom is 0.293 e. The zero-order valence-corrected chi connectivity index (χ0v) is 20.7. The van der Waals surface area contributed by atoms with E-state index in [-0.39, 0.29) is 12.5 Å². The summed E-state index contributed by atoms with van der Waals surface area (Å²) in [5.41, 5.74) is 8.88. The molecule has 10 heteroatoms. The molecule has 0 bridgehead atoms. The number of hydrogen-bond donors (Lipinski definition) is 3. The first-order valence-corrected chi connectivity index (χ1v) is 12.1. The Morgan fingerprint density at radius 3 is 2.44 bits per heavy atom. The third-order valence-corrected chi connectivity index (χ3v) is 6.46. The van der Waals surface area contributed by atoms with Crippen LogP contribution in [0.3, 0.4) is 0 Å². The molecule has 0 radical (unpaired) electrons. The Morgan fingerprint density at radius 2 is 1.72 bits per heavy atom. The van der Waals surface area contributed by atoms with E-state index in [2.05, 4.69) is 26.6 Å². The highest BCUT2D eigenvalue weighted by Gasteiger charge is 2.55. The molecule has 2 aliphatic heterocycles. The second kappa shape index (κ2) is 9.73. The smallest absolute Gasteiger partial charge is 0.293 e. The number of fused-ring (bicyclic) bond motifs is 2. The summed E-state index contributed by atoms with van der Waals surface area (Å²) in [5.74, 6) is -2.69. The van der Waals surface area contributed by atoms with E-state index in [1.165, 1.54) is 4.90 Å². The van der Waals surface area contributed by atoms with Crippen LogP contribution in [0.4, 0.5) is 22.7 Å². The number of rotatable bonds is 5. The SMILES string of the molecule is Nc1ccccc1NC(=O)c1ccc(NC(=O)CN2C(=O)C3(OCCCO3)c3cc(Br)ccc32)cc1. The van der Waals surface area contributed by atoms with Crippen molar-refractivity contribution in [2.24, 2.45) is 0 Å². The number of nitrogens with zero attached hydrogens (tertiary/aromatic N) is 1. The number of carbonyl (C=O) groups excluding carboxylic acids is 3. The topological polar surface area (TPSA) is 123 Å². The van der Waals surface area contributed by atoms with Crippen molar-refractivity contribution in [3.05, 3.63) is 82.3 Å². The molecule has 1 spiro atoms. The van der Waals surface area contributed by atoms with E-state index in [4.69, 9.17) is 15.2 Å². The van der Waals surface area contributed by atoms with Crippen LogP contribution in [0.2, 0.25) is 0 Å². The van der Waals surface area contributed by atoms with Crippen LogP contribution in [0.25, 0.3) is 0 Å². The Labute approximate surface area is 215 Å². The molecule has 9 nitrogen and oxygen atoms in total. The molecule has 184 valence electrons. The van der Waals surface area contributed by atoms with E-state index < -0.39 is 17.6 Å². The highest BCUT2D eigenvalue weighted by Crippen LogP contribution is 2.46. The molecular formula is C26H23BrN4O5. The van der Waals surface area contributed by atoms with Crippen LogP contribution in [-0.4, -0.2) is 37.5 Å². The van der Waals surface area contributed by atoms with Gasteiger partial charge in [0.2, 0.25) is 5.91 Å². The van der Waals surface area contributed by atoms with Crippen molar-refractivity contribution in [2.45, 2.75) is 12.2 Å². The Kier molecular flexibility index (Phi) is 6.48. The largest absolute Gasteiger partial charge is 0.397 e. The minimum Gasteiger partial charge on any atom is -0.397 e. The molecule has 4 N–H and O–H groups in total. The summed E-state index contributed by atoms with van der Waals surface area (Å²) in [4.78, 5) is 40.1. The summed E-state index contributed by atoms with van der Waals surface area (Å²) in [5, 5.41) is 5.53. The quantitative estimate of drug-likeness (QED) is 0.414. The average Bonchev–Trinajstić information content (AvgIpc) is 3.08. The van der Waals surface area contributed by atoms with Gasteiger partial charge in [0.25, 0.3) is 17.6 Å². The lowest BCUT2D eigenvalue weighted by Crippen LogP contribution is -2.48. The molecule has 0 aromatic heterocycles. The predicted octanol–water partition coefficient (Wildman–Crippen LogP) is 3.86. The highest BCUT2D eigenvalue weighted by molar-refractivity contribution is 9.10. The molecule has 5 rings (SSSR count). The van der Waals surface area contributed by atoms with Crippen LogP contribution in [-0.2, 0) is 24.8 Å². The van der Waals surface area contributed by atoms with Gasteiger partial charge >= 0.3 is 0 Å². The first-order chi connectivity index (χ1) is 17.4. The summed E-state index contributed by atoms with van der Waals surface area (Å²) in [6.45, 7) is 0.542. The van der Waals surface area contributed by atoms with Gasteiger partial charge in [0.15, 0.2) is 0 Å². The number of benzene rings is 3. The summed E-state index contributed by atoms with van der Waals surface area (Å²) in [6.07, 6.45) is 0.686. The normalized spacial score (nSPS) is 16.0. The number of amides is 3. The number of halogens is 1. The van der Waals surface area contributed by atoms with Gasteiger partial charge in [-0.3, -0.25) is 19.3 Å². The Hall–Kier alpha value is -3.73. The number of anilines is 4. The van der Waals surface area contributed by atoms with Gasteiger partial charge in [0.1, 0.15) is 6.54 Å². The molecule has 2 aliphatic rings. The van der Waals surface area contributed by atoms with E-state index in [0.717, 1.165) is 4.47 Å². The van der Waals surface area contributed by atoms with Crippen LogP contribution in [0, 0.1) is 0 Å². The van der Waals surface area contributed by atoms with Crippen molar-refractivity contribution in [1.29, 1.82) is 0 Å². The van der Waals surface area contributed by atoms with Crippen molar-refractivity contribution >= 4 is 56.4 Å². The molecule has 0 unspecified atom stereocenters. The van der Waals surface area contributed by atoms with Crippen LogP contribution in [0.1, 0.15) is 22.3 Å². The Balaban J connectivity index is 1.27. The predicted molar refractivity (Wildman–Crippen MR) is 139 cm³/mol. The lowest BCUT2D eigenvalue weighted by molar-refractivity contribution is -0.256. The van der Waals surface area contributed by atoms with E-state index in [0.29, 0.717) is 53.5 Å². The van der Waals surface area contributed by atoms with Crippen molar-refractivity contribution in [2.75, 3.05) is 41.0 Å². The molecule has 3 aromatic carbocycles.